The molecule has 98 valence electrons. The zero-order valence-corrected chi connectivity index (χ0v) is 11.4. The fourth-order valence-electron chi connectivity index (χ4n) is 1.23. The van der Waals surface area contributed by atoms with Crippen molar-refractivity contribution < 1.29 is 14.3 Å². The zero-order chi connectivity index (χ0) is 13.4. The minimum absolute atomic E-state index is 0.573. The molecule has 0 saturated carbocycles. The molecule has 0 aromatic heterocycles. The first kappa shape index (κ1) is 14.4. The molecule has 0 radical (unpaired) electrons. The average molecular weight is 268 g/mol. The molecular weight excluding hydrogens is 252 g/mol. The van der Waals surface area contributed by atoms with Crippen molar-refractivity contribution in [2.75, 3.05) is 20.5 Å². The van der Waals surface area contributed by atoms with Crippen LogP contribution in [0.15, 0.2) is 29.4 Å². The predicted molar refractivity (Wildman–Crippen MR) is 73.2 cm³/mol. The van der Waals surface area contributed by atoms with Gasteiger partial charge < -0.3 is 9.47 Å². The Morgan fingerprint density at radius 3 is 2.50 bits per heavy atom. The predicted octanol–water partition coefficient (Wildman–Crippen LogP) is 2.27. The number of benzene rings is 1. The summed E-state index contributed by atoms with van der Waals surface area (Å²) in [5.41, 5.74) is 3.40. The number of amides is 1. The maximum absolute atomic E-state index is 10.9. The summed E-state index contributed by atoms with van der Waals surface area (Å²) in [4.78, 5) is 10.9. The van der Waals surface area contributed by atoms with E-state index in [0.717, 1.165) is 16.4 Å². The van der Waals surface area contributed by atoms with Crippen molar-refractivity contribution in [3.63, 3.8) is 0 Å². The number of thioether (sulfide) groups is 1. The number of hydrazone groups is 1. The molecule has 1 rings (SSSR count). The van der Waals surface area contributed by atoms with Crippen molar-refractivity contribution >= 4 is 22.9 Å². The van der Waals surface area contributed by atoms with E-state index in [2.05, 4.69) is 15.3 Å². The Kier molecular flexibility index (Phi) is 6.07. The van der Waals surface area contributed by atoms with Crippen LogP contribution in [0.1, 0.15) is 5.56 Å². The van der Waals surface area contributed by atoms with E-state index in [0.29, 0.717) is 6.42 Å². The van der Waals surface area contributed by atoms with E-state index in [1.807, 2.05) is 30.5 Å². The molecular formula is C12H16N2O3S. The number of methoxy groups -OCH3 is 2. The van der Waals surface area contributed by atoms with Gasteiger partial charge in [-0.15, -0.1) is 11.8 Å². The second-order valence-corrected chi connectivity index (χ2v) is 4.22. The van der Waals surface area contributed by atoms with E-state index in [1.54, 1.807) is 7.11 Å². The van der Waals surface area contributed by atoms with E-state index < -0.39 is 6.09 Å². The number of hydrogen-bond acceptors (Lipinski definition) is 5. The summed E-state index contributed by atoms with van der Waals surface area (Å²) < 4.78 is 9.53. The molecule has 1 aromatic carbocycles. The maximum atomic E-state index is 10.9. The smallest absolute Gasteiger partial charge is 0.427 e. The van der Waals surface area contributed by atoms with Crippen LogP contribution in [0.25, 0.3) is 0 Å². The third-order valence-electron chi connectivity index (χ3n) is 2.21. The normalized spacial score (nSPS) is 10.9. The van der Waals surface area contributed by atoms with Gasteiger partial charge in [0.2, 0.25) is 0 Å². The lowest BCUT2D eigenvalue weighted by molar-refractivity contribution is 0.171. The maximum Gasteiger partial charge on any atom is 0.427 e. The van der Waals surface area contributed by atoms with E-state index in [9.17, 15) is 4.79 Å². The molecule has 0 heterocycles. The molecule has 0 aliphatic rings. The molecule has 0 saturated heterocycles. The molecule has 0 aliphatic heterocycles. The first-order chi connectivity index (χ1) is 8.69. The Morgan fingerprint density at radius 2 is 2.00 bits per heavy atom. The van der Waals surface area contributed by atoms with Crippen LogP contribution in [0.2, 0.25) is 0 Å². The number of ether oxygens (including phenoxy) is 2. The summed E-state index contributed by atoms with van der Waals surface area (Å²) in [5, 5.41) is 4.77. The topological polar surface area (TPSA) is 59.9 Å². The quantitative estimate of drug-likeness (QED) is 0.517. The van der Waals surface area contributed by atoms with Crippen molar-refractivity contribution in [2.45, 2.75) is 6.42 Å². The summed E-state index contributed by atoms with van der Waals surface area (Å²) in [6.45, 7) is 0. The van der Waals surface area contributed by atoms with Gasteiger partial charge >= 0.3 is 6.09 Å². The molecule has 0 fully saturated rings. The summed E-state index contributed by atoms with van der Waals surface area (Å²) in [6.07, 6.45) is 1.98. The molecule has 0 unspecified atom stereocenters. The molecule has 0 atom stereocenters. The highest BCUT2D eigenvalue weighted by Gasteiger charge is 2.03. The fourth-order valence-corrected chi connectivity index (χ4v) is 1.68. The van der Waals surface area contributed by atoms with Gasteiger partial charge in [-0.2, -0.15) is 5.10 Å². The highest BCUT2D eigenvalue weighted by atomic mass is 32.2. The van der Waals surface area contributed by atoms with E-state index in [-0.39, 0.29) is 0 Å². The summed E-state index contributed by atoms with van der Waals surface area (Å²) >= 11 is 1.48. The van der Waals surface area contributed by atoms with Gasteiger partial charge in [-0.25, -0.2) is 10.2 Å². The van der Waals surface area contributed by atoms with E-state index in [1.165, 1.54) is 18.9 Å². The molecule has 1 amide bonds. The van der Waals surface area contributed by atoms with E-state index >= 15 is 0 Å². The fraction of sp³-hybridized carbons (Fsp3) is 0.333. The van der Waals surface area contributed by atoms with Crippen LogP contribution in [0.5, 0.6) is 5.75 Å². The standard InChI is InChI=1S/C12H16N2O3S/c1-16-10-6-4-9(5-7-10)8-11(18-3)13-14-12(15)17-2/h4-7H,8H2,1-3H3,(H,14,15)/b13-11+. The van der Waals surface area contributed by atoms with Crippen LogP contribution in [-0.4, -0.2) is 31.6 Å². The van der Waals surface area contributed by atoms with Gasteiger partial charge in [0.05, 0.1) is 19.3 Å². The lowest BCUT2D eigenvalue weighted by atomic mass is 10.1. The SMILES string of the molecule is COC(=O)N/N=C(\Cc1ccc(OC)cc1)SC. The van der Waals surface area contributed by atoms with Gasteiger partial charge in [-0.3, -0.25) is 0 Å². The third kappa shape index (κ3) is 4.67. The Labute approximate surface area is 111 Å². The first-order valence-corrected chi connectivity index (χ1v) is 6.49. The van der Waals surface area contributed by atoms with Crippen LogP contribution in [-0.2, 0) is 11.2 Å². The molecule has 6 heteroatoms. The second kappa shape index (κ2) is 7.60. The van der Waals surface area contributed by atoms with Crippen LogP contribution in [0.3, 0.4) is 0 Å². The van der Waals surface area contributed by atoms with Crippen molar-refractivity contribution in [1.82, 2.24) is 5.43 Å². The summed E-state index contributed by atoms with van der Waals surface area (Å²) in [5.74, 6) is 0.814. The van der Waals surface area contributed by atoms with Crippen molar-refractivity contribution in [3.8, 4) is 5.75 Å². The third-order valence-corrected chi connectivity index (χ3v) is 2.91. The number of hydrogen-bond donors (Lipinski definition) is 1. The number of nitrogens with one attached hydrogen (secondary N) is 1. The first-order valence-electron chi connectivity index (χ1n) is 5.27. The van der Waals surface area contributed by atoms with Crippen LogP contribution < -0.4 is 10.2 Å². The van der Waals surface area contributed by atoms with Gasteiger partial charge in [0, 0.05) is 6.42 Å². The van der Waals surface area contributed by atoms with Gasteiger partial charge in [0.15, 0.2) is 0 Å². The largest absolute Gasteiger partial charge is 0.497 e. The lowest BCUT2D eigenvalue weighted by Crippen LogP contribution is -2.19. The zero-order valence-electron chi connectivity index (χ0n) is 10.6. The molecule has 1 N–H and O–H groups in total. The monoisotopic (exact) mass is 268 g/mol. The summed E-state index contributed by atoms with van der Waals surface area (Å²) in [7, 11) is 2.93. The Balaban J connectivity index is 2.64. The molecule has 0 bridgehead atoms. The van der Waals surface area contributed by atoms with Gasteiger partial charge in [0.1, 0.15) is 5.75 Å². The van der Waals surface area contributed by atoms with Crippen molar-refractivity contribution in [2.24, 2.45) is 5.10 Å². The van der Waals surface area contributed by atoms with Gasteiger partial charge in [0.25, 0.3) is 0 Å². The summed E-state index contributed by atoms with van der Waals surface area (Å²) in [6, 6.07) is 7.70. The van der Waals surface area contributed by atoms with Crippen molar-refractivity contribution in [1.29, 1.82) is 0 Å². The van der Waals surface area contributed by atoms with Gasteiger partial charge in [-0.05, 0) is 24.0 Å². The highest BCUT2D eigenvalue weighted by molar-refractivity contribution is 8.13. The Hall–Kier alpha value is -1.69. The van der Waals surface area contributed by atoms with Crippen LogP contribution in [0, 0.1) is 0 Å². The minimum Gasteiger partial charge on any atom is -0.497 e. The van der Waals surface area contributed by atoms with E-state index in [4.69, 9.17) is 4.74 Å². The number of rotatable bonds is 4. The number of carbonyl (C=O) groups excluding carboxylic acids is 1. The molecule has 18 heavy (non-hydrogen) atoms. The molecule has 0 aliphatic carbocycles. The second-order valence-electron chi connectivity index (χ2n) is 3.34. The molecule has 0 spiro atoms. The lowest BCUT2D eigenvalue weighted by Gasteiger charge is -2.05. The van der Waals surface area contributed by atoms with Crippen LogP contribution >= 0.6 is 11.8 Å². The Morgan fingerprint density at radius 1 is 1.33 bits per heavy atom. The minimum atomic E-state index is -0.573. The van der Waals surface area contributed by atoms with Crippen molar-refractivity contribution in [3.05, 3.63) is 29.8 Å². The van der Waals surface area contributed by atoms with Crippen LogP contribution in [0.4, 0.5) is 4.79 Å². The van der Waals surface area contributed by atoms with Gasteiger partial charge in [-0.1, -0.05) is 12.1 Å². The molecule has 1 aromatic rings. The number of nitrogens with zero attached hydrogens (tertiary/aromatic N) is 1. The Bertz CT molecular complexity index is 418. The average Bonchev–Trinajstić information content (AvgIpc) is 2.43. The molecule has 5 nitrogen and oxygen atoms in total. The highest BCUT2D eigenvalue weighted by Crippen LogP contribution is 2.14. The number of carbonyl (C=O) groups is 1.